The molecule has 0 aromatic rings. The molecule has 0 aromatic carbocycles. The first-order valence-corrected chi connectivity index (χ1v) is 5.89. The molecule has 0 heterocycles. The lowest BCUT2D eigenvalue weighted by Crippen LogP contribution is -2.30. The van der Waals surface area contributed by atoms with Crippen LogP contribution in [0.4, 0.5) is 0 Å². The van der Waals surface area contributed by atoms with Gasteiger partial charge in [-0.15, -0.1) is 0 Å². The third-order valence-electron chi connectivity index (χ3n) is 3.36. The van der Waals surface area contributed by atoms with E-state index in [0.29, 0.717) is 12.3 Å². The molecule has 1 heteroatoms. The largest absolute Gasteiger partial charge is 0.295 e. The van der Waals surface area contributed by atoms with Crippen molar-refractivity contribution < 1.29 is 4.79 Å². The number of carbonyl (C=O) groups is 1. The van der Waals surface area contributed by atoms with Gasteiger partial charge in [0.25, 0.3) is 0 Å². The Kier molecular flexibility index (Phi) is 3.90. The molecule has 1 aliphatic carbocycles. The number of ketones is 1. The van der Waals surface area contributed by atoms with Crippen LogP contribution in [0.2, 0.25) is 0 Å². The smallest absolute Gasteiger partial charge is 0.156 e. The Bertz CT molecular complexity index is 367. The van der Waals surface area contributed by atoms with E-state index < -0.39 is 0 Å². The molecule has 16 heavy (non-hydrogen) atoms. The van der Waals surface area contributed by atoms with Crippen molar-refractivity contribution in [2.24, 2.45) is 11.3 Å². The highest BCUT2D eigenvalue weighted by atomic mass is 16.1. The second kappa shape index (κ2) is 4.82. The molecule has 0 N–H and O–H groups in total. The fourth-order valence-electron chi connectivity index (χ4n) is 2.33. The Labute approximate surface area is 98.9 Å². The molecule has 0 aliphatic heterocycles. The Balaban J connectivity index is 2.97. The predicted molar refractivity (Wildman–Crippen MR) is 69.2 cm³/mol. The maximum atomic E-state index is 11.5. The number of hydrogen-bond acceptors (Lipinski definition) is 1. The first kappa shape index (κ1) is 13.0. The Hall–Kier alpha value is -1.11. The van der Waals surface area contributed by atoms with E-state index in [1.807, 2.05) is 6.92 Å². The summed E-state index contributed by atoms with van der Waals surface area (Å²) >= 11 is 0. The lowest BCUT2D eigenvalue weighted by molar-refractivity contribution is -0.117. The van der Waals surface area contributed by atoms with Crippen LogP contribution < -0.4 is 0 Å². The van der Waals surface area contributed by atoms with Crippen molar-refractivity contribution in [3.05, 3.63) is 35.5 Å². The van der Waals surface area contributed by atoms with Crippen LogP contribution in [0.25, 0.3) is 0 Å². The second-order valence-corrected chi connectivity index (χ2v) is 5.39. The molecule has 0 bridgehead atoms. The molecule has 0 saturated carbocycles. The lowest BCUT2D eigenvalue weighted by Gasteiger charge is -2.35. The van der Waals surface area contributed by atoms with Gasteiger partial charge in [-0.05, 0) is 32.3 Å². The average Bonchev–Trinajstić information content (AvgIpc) is 2.14. The summed E-state index contributed by atoms with van der Waals surface area (Å²) < 4.78 is 0. The molecule has 1 atom stereocenters. The van der Waals surface area contributed by atoms with Gasteiger partial charge in [0.2, 0.25) is 0 Å². The van der Waals surface area contributed by atoms with E-state index in [4.69, 9.17) is 0 Å². The summed E-state index contributed by atoms with van der Waals surface area (Å²) in [5.74, 6) is 0.634. The van der Waals surface area contributed by atoms with Crippen molar-refractivity contribution in [2.45, 2.75) is 41.0 Å². The molecule has 0 saturated heterocycles. The molecular weight excluding hydrogens is 196 g/mol. The first-order chi connectivity index (χ1) is 7.36. The SMILES string of the molecule is C/C=C(C)\C=C\C1C(C)=CC(=O)CC1(C)C. The second-order valence-electron chi connectivity index (χ2n) is 5.39. The maximum absolute atomic E-state index is 11.5. The van der Waals surface area contributed by atoms with E-state index in [1.165, 1.54) is 11.1 Å². The molecule has 0 radical (unpaired) electrons. The molecule has 1 aliphatic rings. The van der Waals surface area contributed by atoms with E-state index in [0.717, 1.165) is 0 Å². The molecule has 0 aromatic heterocycles. The fourth-order valence-corrected chi connectivity index (χ4v) is 2.33. The summed E-state index contributed by atoms with van der Waals surface area (Å²) in [4.78, 5) is 11.5. The van der Waals surface area contributed by atoms with Crippen molar-refractivity contribution in [3.63, 3.8) is 0 Å². The minimum atomic E-state index is 0.0421. The van der Waals surface area contributed by atoms with E-state index in [-0.39, 0.29) is 11.2 Å². The molecule has 88 valence electrons. The van der Waals surface area contributed by atoms with Gasteiger partial charge in [-0.1, -0.05) is 43.2 Å². The molecule has 0 amide bonds. The van der Waals surface area contributed by atoms with Gasteiger partial charge in [0.05, 0.1) is 0 Å². The molecule has 1 nitrogen and oxygen atoms in total. The standard InChI is InChI=1S/C15H22O/c1-6-11(2)7-8-14-12(3)9-13(16)10-15(14,4)5/h6-9,14H,10H2,1-5H3/b8-7+,11-6-. The van der Waals surface area contributed by atoms with Gasteiger partial charge in [0, 0.05) is 12.3 Å². The van der Waals surface area contributed by atoms with Crippen LogP contribution in [0.1, 0.15) is 41.0 Å². The van der Waals surface area contributed by atoms with E-state index >= 15 is 0 Å². The molecular formula is C15H22O. The highest BCUT2D eigenvalue weighted by Gasteiger charge is 2.34. The molecule has 0 fully saturated rings. The zero-order valence-corrected chi connectivity index (χ0v) is 11.0. The maximum Gasteiger partial charge on any atom is 0.156 e. The number of carbonyl (C=O) groups excluding carboxylic acids is 1. The van der Waals surface area contributed by atoms with Crippen LogP contribution in [0, 0.1) is 11.3 Å². The summed E-state index contributed by atoms with van der Waals surface area (Å²) in [5.41, 5.74) is 2.49. The zero-order valence-electron chi connectivity index (χ0n) is 11.0. The quantitative estimate of drug-likeness (QED) is 0.638. The van der Waals surface area contributed by atoms with Crippen molar-refractivity contribution in [1.82, 2.24) is 0 Å². The summed E-state index contributed by atoms with van der Waals surface area (Å²) in [6.45, 7) is 10.5. The van der Waals surface area contributed by atoms with Crippen molar-refractivity contribution in [1.29, 1.82) is 0 Å². The first-order valence-electron chi connectivity index (χ1n) is 5.89. The van der Waals surface area contributed by atoms with E-state index in [9.17, 15) is 4.79 Å². The number of hydrogen-bond donors (Lipinski definition) is 0. The highest BCUT2D eigenvalue weighted by Crippen LogP contribution is 2.40. The third kappa shape index (κ3) is 2.94. The van der Waals surface area contributed by atoms with E-state index in [1.54, 1.807) is 6.08 Å². The van der Waals surface area contributed by atoms with Gasteiger partial charge >= 0.3 is 0 Å². The molecule has 0 spiro atoms. The fraction of sp³-hybridized carbons (Fsp3) is 0.533. The summed E-state index contributed by atoms with van der Waals surface area (Å²) in [6, 6.07) is 0. The van der Waals surface area contributed by atoms with Gasteiger partial charge in [0.1, 0.15) is 0 Å². The van der Waals surface area contributed by atoms with Gasteiger partial charge < -0.3 is 0 Å². The van der Waals surface area contributed by atoms with Crippen molar-refractivity contribution in [3.8, 4) is 0 Å². The predicted octanol–water partition coefficient (Wildman–Crippen LogP) is 4.07. The molecule has 1 rings (SSSR count). The number of rotatable bonds is 2. The summed E-state index contributed by atoms with van der Waals surface area (Å²) in [7, 11) is 0. The zero-order chi connectivity index (χ0) is 12.3. The van der Waals surface area contributed by atoms with Crippen LogP contribution in [0.15, 0.2) is 35.5 Å². The van der Waals surface area contributed by atoms with E-state index in [2.05, 4.69) is 45.9 Å². The minimum Gasteiger partial charge on any atom is -0.295 e. The Morgan fingerprint density at radius 1 is 1.50 bits per heavy atom. The topological polar surface area (TPSA) is 17.1 Å². The summed E-state index contributed by atoms with van der Waals surface area (Å²) in [6.07, 6.45) is 8.92. The summed E-state index contributed by atoms with van der Waals surface area (Å²) in [5, 5.41) is 0. The average molecular weight is 218 g/mol. The molecule has 1 unspecified atom stereocenters. The van der Waals surface area contributed by atoms with Gasteiger partial charge in [0.15, 0.2) is 5.78 Å². The monoisotopic (exact) mass is 218 g/mol. The Morgan fingerprint density at radius 3 is 2.62 bits per heavy atom. The van der Waals surface area contributed by atoms with Crippen LogP contribution in [0.3, 0.4) is 0 Å². The highest BCUT2D eigenvalue weighted by molar-refractivity contribution is 5.92. The van der Waals surface area contributed by atoms with Crippen LogP contribution in [-0.2, 0) is 4.79 Å². The minimum absolute atomic E-state index is 0.0421. The van der Waals surface area contributed by atoms with Crippen LogP contribution in [-0.4, -0.2) is 5.78 Å². The van der Waals surface area contributed by atoms with Gasteiger partial charge in [-0.2, -0.15) is 0 Å². The normalized spacial score (nSPS) is 26.1. The van der Waals surface area contributed by atoms with Crippen molar-refractivity contribution in [2.75, 3.05) is 0 Å². The Morgan fingerprint density at radius 2 is 2.12 bits per heavy atom. The lowest BCUT2D eigenvalue weighted by atomic mass is 9.68. The van der Waals surface area contributed by atoms with Crippen LogP contribution >= 0.6 is 0 Å². The third-order valence-corrected chi connectivity index (χ3v) is 3.36. The van der Waals surface area contributed by atoms with Gasteiger partial charge in [-0.3, -0.25) is 4.79 Å². The van der Waals surface area contributed by atoms with Crippen LogP contribution in [0.5, 0.6) is 0 Å². The van der Waals surface area contributed by atoms with Gasteiger partial charge in [-0.25, -0.2) is 0 Å². The number of allylic oxidation sites excluding steroid dienone is 6. The van der Waals surface area contributed by atoms with Crippen molar-refractivity contribution >= 4 is 5.78 Å².